The van der Waals surface area contributed by atoms with Crippen molar-refractivity contribution in [3.05, 3.63) is 0 Å². The minimum absolute atomic E-state index is 0.328. The molecule has 3 nitrogen and oxygen atoms in total. The lowest BCUT2D eigenvalue weighted by molar-refractivity contribution is -0.116. The molecule has 0 aromatic heterocycles. The fourth-order valence-electron chi connectivity index (χ4n) is 1.32. The first kappa shape index (κ1) is 9.86. The number of carbonyl (C=O) groups is 1. The molecule has 0 aliphatic carbocycles. The molecule has 1 rings (SSSR count). The van der Waals surface area contributed by atoms with Crippen LogP contribution in [0, 0.1) is 5.41 Å². The molecule has 0 spiro atoms. The predicted octanol–water partition coefficient (Wildman–Crippen LogP) is 0.361. The Morgan fingerprint density at radius 2 is 2.42 bits per heavy atom. The summed E-state index contributed by atoms with van der Waals surface area (Å²) in [6.45, 7) is 1.17. The first-order valence-electron chi connectivity index (χ1n) is 4.03. The van der Waals surface area contributed by atoms with Crippen molar-refractivity contribution in [2.75, 3.05) is 25.2 Å². The van der Waals surface area contributed by atoms with Gasteiger partial charge in [-0.1, -0.05) is 0 Å². The molecule has 12 heavy (non-hydrogen) atoms. The highest BCUT2D eigenvalue weighted by Gasteiger charge is 2.34. The Hall–Kier alpha value is -0.220. The van der Waals surface area contributed by atoms with E-state index in [1.165, 1.54) is 0 Å². The van der Waals surface area contributed by atoms with E-state index in [0.717, 1.165) is 12.7 Å². The number of aldehydes is 1. The fraction of sp³-hybridized carbons (Fsp3) is 0.875. The number of hydrogen-bond acceptors (Lipinski definition) is 3. The maximum Gasteiger partial charge on any atom is 0.128 e. The van der Waals surface area contributed by atoms with E-state index in [1.54, 1.807) is 6.26 Å². The van der Waals surface area contributed by atoms with E-state index in [0.29, 0.717) is 25.4 Å². The molecule has 0 radical (unpaired) electrons. The highest BCUT2D eigenvalue weighted by molar-refractivity contribution is 7.84. The SMILES string of the molecule is CS(=O)CCC1(C=O)CCOC1. The highest BCUT2D eigenvalue weighted by atomic mass is 32.2. The lowest BCUT2D eigenvalue weighted by atomic mass is 9.86. The average molecular weight is 190 g/mol. The van der Waals surface area contributed by atoms with Gasteiger partial charge in [-0.15, -0.1) is 0 Å². The van der Waals surface area contributed by atoms with Crippen LogP contribution in [0.5, 0.6) is 0 Å². The van der Waals surface area contributed by atoms with Gasteiger partial charge in [0.05, 0.1) is 12.0 Å². The standard InChI is InChI=1S/C8H14O3S/c1-12(10)5-3-8(6-9)2-4-11-7-8/h6H,2-5,7H2,1H3. The van der Waals surface area contributed by atoms with Crippen LogP contribution in [0.3, 0.4) is 0 Å². The van der Waals surface area contributed by atoms with Crippen LogP contribution in [-0.2, 0) is 20.3 Å². The van der Waals surface area contributed by atoms with Crippen molar-refractivity contribution in [1.29, 1.82) is 0 Å². The molecular weight excluding hydrogens is 176 g/mol. The quantitative estimate of drug-likeness (QED) is 0.601. The first-order chi connectivity index (χ1) is 5.68. The molecule has 4 heteroatoms. The van der Waals surface area contributed by atoms with Gasteiger partial charge in [0.25, 0.3) is 0 Å². The van der Waals surface area contributed by atoms with Crippen molar-refractivity contribution in [3.63, 3.8) is 0 Å². The van der Waals surface area contributed by atoms with Crippen molar-refractivity contribution < 1.29 is 13.7 Å². The third-order valence-corrected chi connectivity index (χ3v) is 3.05. The molecule has 1 aliphatic rings. The molecule has 1 saturated heterocycles. The summed E-state index contributed by atoms with van der Waals surface area (Å²) in [6.07, 6.45) is 4.11. The van der Waals surface area contributed by atoms with Gasteiger partial charge >= 0.3 is 0 Å². The molecule has 0 aromatic rings. The van der Waals surface area contributed by atoms with Gasteiger partial charge < -0.3 is 9.53 Å². The second kappa shape index (κ2) is 4.14. The summed E-state index contributed by atoms with van der Waals surface area (Å²) in [7, 11) is -0.804. The first-order valence-corrected chi connectivity index (χ1v) is 5.75. The number of ether oxygens (including phenoxy) is 1. The summed E-state index contributed by atoms with van der Waals surface area (Å²) in [4.78, 5) is 10.8. The molecular formula is C8H14O3S. The second-order valence-corrected chi connectivity index (χ2v) is 4.86. The molecule has 0 aromatic carbocycles. The Bertz CT molecular complexity index is 185. The monoisotopic (exact) mass is 190 g/mol. The largest absolute Gasteiger partial charge is 0.380 e. The second-order valence-electron chi connectivity index (χ2n) is 3.31. The van der Waals surface area contributed by atoms with Gasteiger partial charge in [-0.2, -0.15) is 0 Å². The van der Waals surface area contributed by atoms with E-state index in [9.17, 15) is 9.00 Å². The molecule has 0 bridgehead atoms. The van der Waals surface area contributed by atoms with Crippen LogP contribution in [0.15, 0.2) is 0 Å². The number of rotatable bonds is 4. The van der Waals surface area contributed by atoms with Crippen molar-refractivity contribution in [2.45, 2.75) is 12.8 Å². The van der Waals surface area contributed by atoms with Crippen LogP contribution < -0.4 is 0 Å². The number of hydrogen-bond donors (Lipinski definition) is 0. The van der Waals surface area contributed by atoms with Crippen molar-refractivity contribution in [2.24, 2.45) is 5.41 Å². The zero-order chi connectivity index (χ0) is 9.03. The number of carbonyl (C=O) groups excluding carboxylic acids is 1. The molecule has 2 atom stereocenters. The Morgan fingerprint density at radius 3 is 2.83 bits per heavy atom. The molecule has 0 N–H and O–H groups in total. The van der Waals surface area contributed by atoms with E-state index in [-0.39, 0.29) is 5.41 Å². The average Bonchev–Trinajstić information content (AvgIpc) is 2.50. The minimum atomic E-state index is -0.804. The van der Waals surface area contributed by atoms with E-state index < -0.39 is 10.8 Å². The van der Waals surface area contributed by atoms with E-state index >= 15 is 0 Å². The van der Waals surface area contributed by atoms with Gasteiger partial charge in [0.15, 0.2) is 0 Å². The van der Waals surface area contributed by atoms with Crippen LogP contribution in [0.4, 0.5) is 0 Å². The zero-order valence-electron chi connectivity index (χ0n) is 7.25. The summed E-state index contributed by atoms with van der Waals surface area (Å²) < 4.78 is 16.0. The maximum atomic E-state index is 10.8. The fourth-order valence-corrected chi connectivity index (χ4v) is 2.01. The Kier molecular flexibility index (Phi) is 3.40. The van der Waals surface area contributed by atoms with E-state index in [1.807, 2.05) is 0 Å². The van der Waals surface area contributed by atoms with E-state index in [2.05, 4.69) is 0 Å². The predicted molar refractivity (Wildman–Crippen MR) is 47.5 cm³/mol. The molecule has 70 valence electrons. The van der Waals surface area contributed by atoms with Gasteiger partial charge in [0.2, 0.25) is 0 Å². The van der Waals surface area contributed by atoms with Crippen molar-refractivity contribution in [1.82, 2.24) is 0 Å². The van der Waals surface area contributed by atoms with Gasteiger partial charge in [0.1, 0.15) is 6.29 Å². The van der Waals surface area contributed by atoms with Gasteiger partial charge in [-0.25, -0.2) is 0 Å². The summed E-state index contributed by atoms with van der Waals surface area (Å²) in [6, 6.07) is 0. The Morgan fingerprint density at radius 1 is 1.67 bits per heavy atom. The van der Waals surface area contributed by atoms with Gasteiger partial charge in [-0.05, 0) is 12.8 Å². The molecule has 1 aliphatic heterocycles. The molecule has 1 heterocycles. The minimum Gasteiger partial charge on any atom is -0.380 e. The van der Waals surface area contributed by atoms with Gasteiger partial charge in [-0.3, -0.25) is 4.21 Å². The molecule has 0 saturated carbocycles. The zero-order valence-corrected chi connectivity index (χ0v) is 8.06. The normalized spacial score (nSPS) is 31.8. The third-order valence-electron chi connectivity index (χ3n) is 2.27. The van der Waals surface area contributed by atoms with Crippen LogP contribution in [0.25, 0.3) is 0 Å². The Labute approximate surface area is 74.9 Å². The van der Waals surface area contributed by atoms with Gasteiger partial charge in [0, 0.05) is 29.4 Å². The lowest BCUT2D eigenvalue weighted by Crippen LogP contribution is -2.24. The van der Waals surface area contributed by atoms with Crippen LogP contribution in [-0.4, -0.2) is 35.7 Å². The lowest BCUT2D eigenvalue weighted by Gasteiger charge is -2.18. The van der Waals surface area contributed by atoms with Crippen molar-refractivity contribution >= 4 is 17.1 Å². The van der Waals surface area contributed by atoms with E-state index in [4.69, 9.17) is 4.74 Å². The van der Waals surface area contributed by atoms with Crippen molar-refractivity contribution in [3.8, 4) is 0 Å². The van der Waals surface area contributed by atoms with Crippen LogP contribution >= 0.6 is 0 Å². The summed E-state index contributed by atoms with van der Waals surface area (Å²) in [5.74, 6) is 0.599. The summed E-state index contributed by atoms with van der Waals surface area (Å²) in [5, 5.41) is 0. The summed E-state index contributed by atoms with van der Waals surface area (Å²) in [5.41, 5.74) is -0.328. The molecule has 1 fully saturated rings. The third kappa shape index (κ3) is 2.38. The molecule has 2 unspecified atom stereocenters. The topological polar surface area (TPSA) is 43.4 Å². The van der Waals surface area contributed by atoms with Crippen LogP contribution in [0.1, 0.15) is 12.8 Å². The summed E-state index contributed by atoms with van der Waals surface area (Å²) >= 11 is 0. The Balaban J connectivity index is 2.44. The van der Waals surface area contributed by atoms with Crippen LogP contribution in [0.2, 0.25) is 0 Å². The maximum absolute atomic E-state index is 10.8. The highest BCUT2D eigenvalue weighted by Crippen LogP contribution is 2.29. The smallest absolute Gasteiger partial charge is 0.128 e. The molecule has 0 amide bonds.